The number of halogens is 2. The molecule has 1 aromatic rings. The van der Waals surface area contributed by atoms with Crippen LogP contribution in [0.25, 0.3) is 0 Å². The summed E-state index contributed by atoms with van der Waals surface area (Å²) in [5.41, 5.74) is 0. The molecule has 0 bridgehead atoms. The minimum Gasteiger partial charge on any atom is -0.493 e. The van der Waals surface area contributed by atoms with Gasteiger partial charge in [-0.3, -0.25) is 0 Å². The van der Waals surface area contributed by atoms with Gasteiger partial charge in [0, 0.05) is 15.2 Å². The molecule has 0 aliphatic carbocycles. The van der Waals surface area contributed by atoms with Crippen molar-refractivity contribution in [2.75, 3.05) is 18.2 Å². The van der Waals surface area contributed by atoms with Crippen molar-refractivity contribution in [2.45, 2.75) is 4.90 Å². The van der Waals surface area contributed by atoms with Gasteiger partial charge < -0.3 is 4.74 Å². The van der Waals surface area contributed by atoms with Crippen molar-refractivity contribution in [3.8, 4) is 5.75 Å². The van der Waals surface area contributed by atoms with Gasteiger partial charge in [0.2, 0.25) is 0 Å². The minimum atomic E-state index is -3.14. The van der Waals surface area contributed by atoms with Crippen LogP contribution in [0.1, 0.15) is 0 Å². The molecule has 0 radical (unpaired) electrons. The van der Waals surface area contributed by atoms with Crippen LogP contribution in [-0.4, -0.2) is 26.6 Å². The first-order valence-electron chi connectivity index (χ1n) is 4.13. The third-order valence-electron chi connectivity index (χ3n) is 1.65. The van der Waals surface area contributed by atoms with Gasteiger partial charge in [-0.1, -0.05) is 15.9 Å². The maximum absolute atomic E-state index is 11.3. The van der Waals surface area contributed by atoms with Crippen LogP contribution in [0.4, 0.5) is 0 Å². The van der Waals surface area contributed by atoms with E-state index in [1.54, 1.807) is 18.2 Å². The fourth-order valence-corrected chi connectivity index (χ4v) is 3.61. The molecule has 0 aliphatic heterocycles. The molecular weight excluding hydrogens is 395 g/mol. The Kier molecular flexibility index (Phi) is 4.85. The van der Waals surface area contributed by atoms with Crippen molar-refractivity contribution in [2.24, 2.45) is 0 Å². The molecule has 0 N–H and O–H groups in total. The Morgan fingerprint density at radius 3 is 2.60 bits per heavy atom. The number of rotatable bonds is 4. The van der Waals surface area contributed by atoms with Crippen LogP contribution >= 0.6 is 38.5 Å². The van der Waals surface area contributed by atoms with Gasteiger partial charge >= 0.3 is 0 Å². The van der Waals surface area contributed by atoms with Gasteiger partial charge in [0.25, 0.3) is 0 Å². The average Bonchev–Trinajstić information content (AvgIpc) is 2.12. The van der Waals surface area contributed by atoms with Gasteiger partial charge in [0.1, 0.15) is 5.75 Å². The van der Waals surface area contributed by atoms with E-state index in [2.05, 4.69) is 15.9 Å². The van der Waals surface area contributed by atoms with E-state index in [0.29, 0.717) is 20.8 Å². The second-order valence-electron chi connectivity index (χ2n) is 2.90. The number of ether oxygens (including phenoxy) is 1. The molecule has 1 aromatic carbocycles. The predicted molar refractivity (Wildman–Crippen MR) is 71.6 cm³/mol. The summed E-state index contributed by atoms with van der Waals surface area (Å²) in [5.74, 6) is 0.686. The Bertz CT molecular complexity index is 445. The Morgan fingerprint density at radius 1 is 1.47 bits per heavy atom. The molecule has 84 valence electrons. The van der Waals surface area contributed by atoms with Crippen LogP contribution in [0.2, 0.25) is 0 Å². The van der Waals surface area contributed by atoms with Crippen LogP contribution in [-0.2, 0) is 9.84 Å². The highest BCUT2D eigenvalue weighted by atomic mass is 127. The molecule has 0 spiro atoms. The number of alkyl halides is 1. The Labute approximate surface area is 111 Å². The standard InChI is InChI=1S/C9H10BrIO3S/c1-15(12,13)9-3-2-7(6-8(9)11)14-5-4-10/h2-3,6H,4-5H2,1H3. The lowest BCUT2D eigenvalue weighted by Crippen LogP contribution is -2.02. The molecule has 0 saturated heterocycles. The van der Waals surface area contributed by atoms with E-state index < -0.39 is 9.84 Å². The second-order valence-corrected chi connectivity index (χ2v) is 6.84. The summed E-state index contributed by atoms with van der Waals surface area (Å²) in [7, 11) is -3.14. The summed E-state index contributed by atoms with van der Waals surface area (Å²) in [6, 6.07) is 4.96. The van der Waals surface area contributed by atoms with Crippen molar-refractivity contribution in [3.63, 3.8) is 0 Å². The molecule has 0 aromatic heterocycles. The zero-order chi connectivity index (χ0) is 11.5. The number of sulfone groups is 1. The summed E-state index contributed by atoms with van der Waals surface area (Å²) in [6.45, 7) is 0.564. The van der Waals surface area contributed by atoms with Gasteiger partial charge in [0.05, 0.1) is 11.5 Å². The first kappa shape index (κ1) is 13.2. The van der Waals surface area contributed by atoms with Crippen LogP contribution < -0.4 is 4.74 Å². The second kappa shape index (κ2) is 5.49. The van der Waals surface area contributed by atoms with E-state index in [1.165, 1.54) is 6.26 Å². The van der Waals surface area contributed by atoms with E-state index in [-0.39, 0.29) is 0 Å². The highest BCUT2D eigenvalue weighted by molar-refractivity contribution is 14.1. The van der Waals surface area contributed by atoms with Crippen LogP contribution in [0.3, 0.4) is 0 Å². The van der Waals surface area contributed by atoms with Crippen LogP contribution in [0.5, 0.6) is 5.75 Å². The molecule has 0 amide bonds. The lowest BCUT2D eigenvalue weighted by molar-refractivity contribution is 0.344. The van der Waals surface area contributed by atoms with Crippen LogP contribution in [0, 0.1) is 3.57 Å². The molecule has 0 saturated carbocycles. The topological polar surface area (TPSA) is 43.4 Å². The van der Waals surface area contributed by atoms with E-state index >= 15 is 0 Å². The smallest absolute Gasteiger partial charge is 0.176 e. The molecular formula is C9H10BrIO3S. The molecule has 0 atom stereocenters. The molecule has 1 rings (SSSR count). The van der Waals surface area contributed by atoms with Gasteiger partial charge in [-0.25, -0.2) is 8.42 Å². The zero-order valence-corrected chi connectivity index (χ0v) is 12.6. The van der Waals surface area contributed by atoms with Crippen LogP contribution in [0.15, 0.2) is 23.1 Å². The first-order valence-corrected chi connectivity index (χ1v) is 8.22. The predicted octanol–water partition coefficient (Wildman–Crippen LogP) is 2.47. The Morgan fingerprint density at radius 2 is 2.13 bits per heavy atom. The van der Waals surface area contributed by atoms with E-state index in [9.17, 15) is 8.42 Å². The van der Waals surface area contributed by atoms with Crippen molar-refractivity contribution < 1.29 is 13.2 Å². The van der Waals surface area contributed by atoms with E-state index in [1.807, 2.05) is 22.6 Å². The molecule has 0 heterocycles. The van der Waals surface area contributed by atoms with Gasteiger partial charge in [-0.15, -0.1) is 0 Å². The fourth-order valence-electron chi connectivity index (χ4n) is 1.03. The van der Waals surface area contributed by atoms with Gasteiger partial charge in [-0.05, 0) is 40.8 Å². The highest BCUT2D eigenvalue weighted by Crippen LogP contribution is 2.23. The number of benzene rings is 1. The van der Waals surface area contributed by atoms with E-state index in [4.69, 9.17) is 4.74 Å². The number of hydrogen-bond acceptors (Lipinski definition) is 3. The maximum atomic E-state index is 11.3. The lowest BCUT2D eigenvalue weighted by Gasteiger charge is -2.07. The third kappa shape index (κ3) is 3.92. The summed E-state index contributed by atoms with van der Waals surface area (Å²) in [5, 5.41) is 0.747. The quantitative estimate of drug-likeness (QED) is 0.572. The van der Waals surface area contributed by atoms with Crippen molar-refractivity contribution in [3.05, 3.63) is 21.8 Å². The molecule has 15 heavy (non-hydrogen) atoms. The summed E-state index contributed by atoms with van der Waals surface area (Å²) >= 11 is 5.24. The van der Waals surface area contributed by atoms with Crippen molar-refractivity contribution in [1.82, 2.24) is 0 Å². The zero-order valence-electron chi connectivity index (χ0n) is 8.04. The largest absolute Gasteiger partial charge is 0.493 e. The average molecular weight is 405 g/mol. The SMILES string of the molecule is CS(=O)(=O)c1ccc(OCCBr)cc1I. The molecule has 0 unspecified atom stereocenters. The lowest BCUT2D eigenvalue weighted by atomic mass is 10.3. The fraction of sp³-hybridized carbons (Fsp3) is 0.333. The van der Waals surface area contributed by atoms with Gasteiger partial charge in [-0.2, -0.15) is 0 Å². The first-order chi connectivity index (χ1) is 6.95. The van der Waals surface area contributed by atoms with E-state index in [0.717, 1.165) is 5.33 Å². The minimum absolute atomic E-state index is 0.342. The summed E-state index contributed by atoms with van der Waals surface area (Å²) in [6.07, 6.45) is 1.20. The third-order valence-corrected chi connectivity index (χ3v) is 4.39. The summed E-state index contributed by atoms with van der Waals surface area (Å²) < 4.78 is 28.7. The monoisotopic (exact) mass is 404 g/mol. The normalized spacial score (nSPS) is 11.4. The highest BCUT2D eigenvalue weighted by Gasteiger charge is 2.12. The van der Waals surface area contributed by atoms with Gasteiger partial charge in [0.15, 0.2) is 9.84 Å². The number of hydrogen-bond donors (Lipinski definition) is 0. The maximum Gasteiger partial charge on any atom is 0.176 e. The van der Waals surface area contributed by atoms with Crippen molar-refractivity contribution in [1.29, 1.82) is 0 Å². The molecule has 3 nitrogen and oxygen atoms in total. The van der Waals surface area contributed by atoms with Crippen molar-refractivity contribution >= 4 is 48.4 Å². The Balaban J connectivity index is 2.99. The molecule has 6 heteroatoms. The summed E-state index contributed by atoms with van der Waals surface area (Å²) in [4.78, 5) is 0.342. The molecule has 0 fully saturated rings. The molecule has 0 aliphatic rings. The Hall–Kier alpha value is 0.180.